The van der Waals surface area contributed by atoms with E-state index in [4.69, 9.17) is 9.47 Å². The molecule has 450 valence electrons. The minimum atomic E-state index is -4.80. The van der Waals surface area contributed by atoms with E-state index in [2.05, 4.69) is 60.0 Å². The molecule has 0 radical (unpaired) electrons. The van der Waals surface area contributed by atoms with E-state index in [1.165, 1.54) is 25.6 Å². The number of piperazine rings is 2. The fraction of sp³-hybridized carbons (Fsp3) is 0.510. The number of alkyl halides is 6. The first-order chi connectivity index (χ1) is 39.3. The van der Waals surface area contributed by atoms with E-state index in [1.54, 1.807) is 10.7 Å². The predicted molar refractivity (Wildman–Crippen MR) is 289 cm³/mol. The van der Waals surface area contributed by atoms with Gasteiger partial charge in [-0.05, 0) is 42.3 Å². The number of amides is 2. The number of ether oxygens (including phenoxy) is 4. The number of anilines is 4. The van der Waals surface area contributed by atoms with Gasteiger partial charge in [0.1, 0.15) is 22.7 Å². The van der Waals surface area contributed by atoms with Crippen molar-refractivity contribution < 1.29 is 71.7 Å². The zero-order valence-electron chi connectivity index (χ0n) is 45.7. The molecular weight excluding hydrogens is 1150 g/mol. The molecule has 0 saturated carbocycles. The molecule has 2 N–H and O–H groups in total. The number of pyridine rings is 2. The Morgan fingerprint density at radius 2 is 1.04 bits per heavy atom. The van der Waals surface area contributed by atoms with Crippen molar-refractivity contribution in [2.75, 3.05) is 152 Å². The van der Waals surface area contributed by atoms with E-state index in [0.29, 0.717) is 147 Å². The molecule has 6 aromatic heterocycles. The number of fused-ring (bicyclic) bond motifs is 2. The van der Waals surface area contributed by atoms with Crippen LogP contribution in [0.15, 0.2) is 42.9 Å². The maximum atomic E-state index is 14.2. The molecule has 6 aromatic rings. The molecule has 0 unspecified atom stereocenters. The molecule has 10 rings (SSSR count). The van der Waals surface area contributed by atoms with Gasteiger partial charge in [0.15, 0.2) is 23.3 Å². The van der Waals surface area contributed by atoms with Gasteiger partial charge in [-0.25, -0.2) is 55.4 Å². The number of halogens is 6. The fourth-order valence-electron chi connectivity index (χ4n) is 9.86. The van der Waals surface area contributed by atoms with Crippen LogP contribution in [0.2, 0.25) is 0 Å². The Morgan fingerprint density at radius 3 is 1.47 bits per heavy atom. The first kappa shape index (κ1) is 60.5. The van der Waals surface area contributed by atoms with Crippen molar-refractivity contribution in [2.45, 2.75) is 32.4 Å². The topological polar surface area (TPSA) is 269 Å². The number of hydrogen-bond donors (Lipinski definition) is 2. The number of methoxy groups -OCH3 is 2. The normalized spacial score (nSPS) is 17.6. The molecule has 0 bridgehead atoms. The lowest BCUT2D eigenvalue weighted by Gasteiger charge is -2.33. The highest BCUT2D eigenvalue weighted by Gasteiger charge is 2.38. The third-order valence-electron chi connectivity index (χ3n) is 14.2. The lowest BCUT2D eigenvalue weighted by atomic mass is 10.1. The van der Waals surface area contributed by atoms with Gasteiger partial charge in [-0.1, -0.05) is 0 Å². The second-order valence-electron chi connectivity index (χ2n) is 19.8. The second kappa shape index (κ2) is 24.6. The third-order valence-corrected chi connectivity index (χ3v) is 16.8. The Labute approximate surface area is 472 Å². The summed E-state index contributed by atoms with van der Waals surface area (Å²) >= 11 is 0. The fourth-order valence-corrected chi connectivity index (χ4v) is 11.5. The number of nitrogens with one attached hydrogen (secondary N) is 2. The van der Waals surface area contributed by atoms with Crippen molar-refractivity contribution in [1.29, 1.82) is 0 Å². The lowest BCUT2D eigenvalue weighted by molar-refractivity contribution is -0.137. The van der Waals surface area contributed by atoms with Crippen LogP contribution in [0, 0.1) is 6.92 Å². The van der Waals surface area contributed by atoms with Crippen molar-refractivity contribution >= 4 is 66.5 Å². The van der Waals surface area contributed by atoms with Crippen LogP contribution in [-0.2, 0) is 64.4 Å². The number of morpholine rings is 2. The van der Waals surface area contributed by atoms with Crippen LogP contribution in [0.5, 0.6) is 0 Å². The molecule has 10 heterocycles. The molecule has 2 amide bonds. The summed E-state index contributed by atoms with van der Waals surface area (Å²) in [5.41, 5.74) is 0.893. The number of carbonyl (C=O) groups is 2. The zero-order valence-corrected chi connectivity index (χ0v) is 47.3. The number of aryl methyl sites for hydroxylation is 1. The maximum absolute atomic E-state index is 14.2. The van der Waals surface area contributed by atoms with Crippen molar-refractivity contribution in [3.8, 4) is 22.8 Å². The van der Waals surface area contributed by atoms with Gasteiger partial charge in [0.2, 0.25) is 20.0 Å². The number of sulfonamides is 2. The summed E-state index contributed by atoms with van der Waals surface area (Å²) in [5.74, 6) is -0.113. The van der Waals surface area contributed by atoms with Gasteiger partial charge in [-0.15, -0.1) is 10.2 Å². The van der Waals surface area contributed by atoms with E-state index < -0.39 is 55.7 Å². The van der Waals surface area contributed by atoms with Crippen LogP contribution in [0.25, 0.3) is 33.8 Å². The highest BCUT2D eigenvalue weighted by atomic mass is 32.2. The lowest BCUT2D eigenvalue weighted by Crippen LogP contribution is -2.47. The zero-order chi connectivity index (χ0) is 59.6. The average molecular weight is 1210 g/mol. The number of aromatic nitrogens is 8. The van der Waals surface area contributed by atoms with Crippen molar-refractivity contribution in [1.82, 2.24) is 57.6 Å². The molecule has 83 heavy (non-hydrogen) atoms. The van der Waals surface area contributed by atoms with Gasteiger partial charge in [-0.2, -0.15) is 35.0 Å². The summed E-state index contributed by atoms with van der Waals surface area (Å²) in [4.78, 5) is 48.4. The molecule has 34 heteroatoms. The highest BCUT2D eigenvalue weighted by Crippen LogP contribution is 2.40. The maximum Gasteiger partial charge on any atom is 0.417 e. The molecule has 4 aliphatic heterocycles. The van der Waals surface area contributed by atoms with Gasteiger partial charge in [-0.3, -0.25) is 20.4 Å². The van der Waals surface area contributed by atoms with E-state index in [-0.39, 0.29) is 34.4 Å². The van der Waals surface area contributed by atoms with Gasteiger partial charge >= 0.3 is 24.5 Å². The summed E-state index contributed by atoms with van der Waals surface area (Å²) in [6, 6.07) is 5.26. The number of hydrogen-bond acceptors (Lipinski definition) is 20. The van der Waals surface area contributed by atoms with E-state index in [9.17, 15) is 52.8 Å². The van der Waals surface area contributed by atoms with E-state index in [1.807, 2.05) is 28.9 Å². The summed E-state index contributed by atoms with van der Waals surface area (Å²) in [6.07, 6.45) is -5.42. The van der Waals surface area contributed by atoms with E-state index in [0.717, 1.165) is 49.5 Å². The summed E-state index contributed by atoms with van der Waals surface area (Å²) in [6.45, 7) is 10.2. The van der Waals surface area contributed by atoms with Crippen LogP contribution in [-0.4, -0.2) is 218 Å². The van der Waals surface area contributed by atoms with Crippen LogP contribution < -0.4 is 20.4 Å². The quantitative estimate of drug-likeness (QED) is 0.163. The summed E-state index contributed by atoms with van der Waals surface area (Å²) < 4.78 is 159. The molecule has 0 spiro atoms. The molecule has 0 atom stereocenters. The number of nitrogens with zero attached hydrogens (tertiary/aromatic N) is 14. The Balaban J connectivity index is 0.000000200. The van der Waals surface area contributed by atoms with Crippen molar-refractivity contribution in [3.05, 3.63) is 70.8 Å². The first-order valence-electron chi connectivity index (χ1n) is 25.9. The van der Waals surface area contributed by atoms with Crippen molar-refractivity contribution in [3.63, 3.8) is 0 Å². The molecule has 4 aliphatic rings. The van der Waals surface area contributed by atoms with Gasteiger partial charge < -0.3 is 28.7 Å². The Morgan fingerprint density at radius 1 is 0.602 bits per heavy atom. The van der Waals surface area contributed by atoms with Crippen LogP contribution in [0.1, 0.15) is 27.9 Å². The first-order valence-corrected chi connectivity index (χ1v) is 29.6. The second-order valence-corrected chi connectivity index (χ2v) is 23.7. The SMILES string of the molecule is COC(=O)Nc1cc(C(F)(F)F)c(-c2nc(N3CCOCC3)c3cc(CN4CCN(S(C)(=O)=O)CC4)c(C)n3n2)cn1.COC(=O)Nc1cc(C(F)(F)F)c(-c2nc(N3CCOCC3)c3cc(CN4CCN(S(C)(=O)=O)CC4)cn3n2)cn1. The third kappa shape index (κ3) is 14.3. The number of rotatable bonds is 12. The van der Waals surface area contributed by atoms with Crippen LogP contribution in [0.3, 0.4) is 0 Å². The van der Waals surface area contributed by atoms with Crippen LogP contribution >= 0.6 is 0 Å². The summed E-state index contributed by atoms with van der Waals surface area (Å²) in [7, 11) is -4.35. The molecular formula is C49H60F6N16O10S2. The molecule has 26 nitrogen and oxygen atoms in total. The highest BCUT2D eigenvalue weighted by molar-refractivity contribution is 7.88. The molecule has 0 aliphatic carbocycles. The Kier molecular flexibility index (Phi) is 18.0. The average Bonchev–Trinajstić information content (AvgIpc) is 4.21. The van der Waals surface area contributed by atoms with Crippen LogP contribution in [0.4, 0.5) is 59.2 Å². The van der Waals surface area contributed by atoms with Gasteiger partial charge in [0.05, 0.1) is 75.4 Å². The van der Waals surface area contributed by atoms with Gasteiger partial charge in [0, 0.05) is 116 Å². The monoisotopic (exact) mass is 1210 g/mol. The minimum absolute atomic E-state index is 0.180. The standard InChI is InChI=1S/C25H31F3N8O5S.C24H29F3N8O5S/c1-16-17(15-33-4-6-35(7-5-33)42(3,38)39)12-20-23(34-8-10-41-11-9-34)31-22(32-36(16)20)18-14-29-21(30-24(37)40-2)13-19(18)25(26,27)28;1-39-23(36)29-20-12-18(24(25,26)27)17(13-28-20)21-30-22(33-7-9-40-10-8-33)19-11-16(15-35(19)31-21)14-32-3-5-34(6-4-32)41(2,37)38/h12-14H,4-11,15H2,1-3H3,(H,29,30,37);11-13,15H,3-10,14H2,1-2H3,(H,28,29,36). The largest absolute Gasteiger partial charge is 0.453 e. The summed E-state index contributed by atoms with van der Waals surface area (Å²) in [5, 5.41) is 13.3. The number of carbonyl (C=O) groups excluding carboxylic acids is 2. The predicted octanol–water partition coefficient (Wildman–Crippen LogP) is 4.11. The molecule has 0 aromatic carbocycles. The van der Waals surface area contributed by atoms with Gasteiger partial charge in [0.25, 0.3) is 0 Å². The molecule has 4 fully saturated rings. The Hall–Kier alpha value is -7.08. The Bertz CT molecular complexity index is 3580. The van der Waals surface area contributed by atoms with E-state index >= 15 is 0 Å². The minimum Gasteiger partial charge on any atom is -0.453 e. The smallest absolute Gasteiger partial charge is 0.417 e. The van der Waals surface area contributed by atoms with Crippen molar-refractivity contribution in [2.24, 2.45) is 0 Å². The molecule has 4 saturated heterocycles.